The Balaban J connectivity index is 0.00000722. The molecule has 0 radical (unpaired) electrons. The van der Waals surface area contributed by atoms with Gasteiger partial charge >= 0.3 is 5.97 Å². The number of hydrogen-bond donors (Lipinski definition) is 6. The standard InChI is InChI=1S/C24H37N5O6S2.ClH/c1-13(2)19-21(32)35-15(8-6-7-9-36-22(33)14(3)25)10-17(30)26-11-18-27-16(12-37-18)20(31)29-24(4,5)23(34)28-19;/h6,8,12-15,19,33,36H,7,9-11,25H2,1-5H3,(H,26,30)(H,28,34)(H,29,31);1H/b8-6+;/t14-,15+,19-;/m0./s1. The molecule has 2 bridgehead atoms. The zero-order valence-electron chi connectivity index (χ0n) is 22.1. The van der Waals surface area contributed by atoms with Crippen LogP contribution in [-0.2, 0) is 25.7 Å². The maximum atomic E-state index is 13.1. The van der Waals surface area contributed by atoms with Gasteiger partial charge in [-0.15, -0.1) is 23.7 Å². The normalized spacial score (nSPS) is 22.5. The minimum atomic E-state index is -1.33. The third-order valence-electron chi connectivity index (χ3n) is 5.40. The Hall–Kier alpha value is -2.32. The smallest absolute Gasteiger partial charge is 0.329 e. The van der Waals surface area contributed by atoms with E-state index in [2.05, 4.69) is 20.9 Å². The van der Waals surface area contributed by atoms with E-state index in [9.17, 15) is 24.3 Å². The van der Waals surface area contributed by atoms with Gasteiger partial charge in [0.25, 0.3) is 5.91 Å². The van der Waals surface area contributed by atoms with Gasteiger partial charge in [-0.25, -0.2) is 9.78 Å². The predicted octanol–water partition coefficient (Wildman–Crippen LogP) is 1.59. The Morgan fingerprint density at radius 2 is 2.00 bits per heavy atom. The molecule has 1 aromatic heterocycles. The van der Waals surface area contributed by atoms with E-state index in [0.717, 1.165) is 0 Å². The molecule has 1 aromatic rings. The highest BCUT2D eigenvalue weighted by Crippen LogP contribution is 2.15. The average molecular weight is 592 g/mol. The molecular weight excluding hydrogens is 554 g/mol. The number of ether oxygens (including phenoxy) is 1. The van der Waals surface area contributed by atoms with Gasteiger partial charge in [-0.3, -0.25) is 14.4 Å². The van der Waals surface area contributed by atoms with E-state index < -0.39 is 41.5 Å². The van der Waals surface area contributed by atoms with Crippen LogP contribution in [0.4, 0.5) is 0 Å². The number of hydrogen-bond acceptors (Lipinski definition) is 8. The van der Waals surface area contributed by atoms with Crippen molar-refractivity contribution >= 4 is 63.8 Å². The molecule has 2 rings (SSSR count). The number of carbonyl (C=O) groups is 4. The highest BCUT2D eigenvalue weighted by molar-refractivity contribution is 7.98. The second-order valence-corrected chi connectivity index (χ2v) is 11.8. The first-order chi connectivity index (χ1) is 17.3. The van der Waals surface area contributed by atoms with Gasteiger partial charge in [0.2, 0.25) is 11.8 Å². The highest BCUT2D eigenvalue weighted by Gasteiger charge is 2.36. The van der Waals surface area contributed by atoms with Crippen LogP contribution in [0.15, 0.2) is 17.5 Å². The van der Waals surface area contributed by atoms with Gasteiger partial charge in [-0.05, 0) is 44.9 Å². The number of cyclic esters (lactones) is 1. The number of nitrogens with two attached hydrogens (primary N) is 1. The van der Waals surface area contributed by atoms with Gasteiger partial charge in [0.1, 0.15) is 28.4 Å². The van der Waals surface area contributed by atoms with Gasteiger partial charge in [0.05, 0.1) is 24.1 Å². The van der Waals surface area contributed by atoms with E-state index in [0.29, 0.717) is 28.5 Å². The van der Waals surface area contributed by atoms with Gasteiger partial charge < -0.3 is 31.5 Å². The molecule has 2 heterocycles. The largest absolute Gasteiger partial charge is 0.456 e. The van der Waals surface area contributed by atoms with Crippen molar-refractivity contribution in [1.82, 2.24) is 20.9 Å². The molecule has 0 saturated heterocycles. The van der Waals surface area contributed by atoms with Crippen LogP contribution in [-0.4, -0.2) is 68.3 Å². The van der Waals surface area contributed by atoms with Crippen molar-refractivity contribution in [1.29, 1.82) is 0 Å². The minimum absolute atomic E-state index is 0. The van der Waals surface area contributed by atoms with Gasteiger partial charge in [-0.1, -0.05) is 19.9 Å². The fourth-order valence-electron chi connectivity index (χ4n) is 3.17. The van der Waals surface area contributed by atoms with Crippen LogP contribution in [0.25, 0.3) is 0 Å². The lowest BCUT2D eigenvalue weighted by molar-refractivity contribution is -0.153. The van der Waals surface area contributed by atoms with E-state index in [1.165, 1.54) is 25.2 Å². The van der Waals surface area contributed by atoms with Gasteiger partial charge in [-0.2, -0.15) is 11.4 Å². The summed E-state index contributed by atoms with van der Waals surface area (Å²) < 4.78 is 5.65. The van der Waals surface area contributed by atoms with Crippen LogP contribution in [0.2, 0.25) is 0 Å². The van der Waals surface area contributed by atoms with Crippen molar-refractivity contribution in [2.24, 2.45) is 11.7 Å². The molecule has 38 heavy (non-hydrogen) atoms. The van der Waals surface area contributed by atoms with Crippen LogP contribution in [0.5, 0.6) is 0 Å². The maximum Gasteiger partial charge on any atom is 0.329 e. The number of amides is 3. The number of aromatic nitrogens is 1. The third kappa shape index (κ3) is 10.4. The van der Waals surface area contributed by atoms with Gasteiger partial charge in [0, 0.05) is 5.38 Å². The quantitative estimate of drug-likeness (QED) is 0.0951. The molecule has 14 heteroatoms. The van der Waals surface area contributed by atoms with Crippen molar-refractivity contribution in [2.75, 3.05) is 5.75 Å². The van der Waals surface area contributed by atoms with Crippen molar-refractivity contribution in [2.45, 2.75) is 77.7 Å². The highest BCUT2D eigenvalue weighted by atomic mass is 35.5. The summed E-state index contributed by atoms with van der Waals surface area (Å²) in [5.41, 5.74) is 4.44. The molecular formula is C24H38ClN5O6S2. The second kappa shape index (κ2) is 15.3. The number of aliphatic hydroxyl groups is 1. The lowest BCUT2D eigenvalue weighted by Crippen LogP contribution is -2.59. The molecule has 6 N–H and O–H groups in total. The zero-order chi connectivity index (χ0) is 27.8. The van der Waals surface area contributed by atoms with Crippen molar-refractivity contribution in [3.05, 3.63) is 28.2 Å². The Bertz CT molecular complexity index is 1060. The third-order valence-corrected chi connectivity index (χ3v) is 7.47. The molecule has 214 valence electrons. The van der Waals surface area contributed by atoms with E-state index in [4.69, 9.17) is 10.5 Å². The molecule has 1 aliphatic heterocycles. The summed E-state index contributed by atoms with van der Waals surface area (Å²) >= 11 is 1.91. The van der Waals surface area contributed by atoms with Crippen LogP contribution < -0.4 is 21.7 Å². The molecule has 3 amide bonds. The van der Waals surface area contributed by atoms with E-state index in [-0.39, 0.29) is 47.9 Å². The van der Waals surface area contributed by atoms with E-state index >= 15 is 0 Å². The summed E-state index contributed by atoms with van der Waals surface area (Å²) in [7, 11) is 0. The molecule has 11 nitrogen and oxygen atoms in total. The fraction of sp³-hybridized carbons (Fsp3) is 0.583. The molecule has 0 spiro atoms. The number of rotatable bonds is 6. The first-order valence-corrected chi connectivity index (χ1v) is 14.0. The number of allylic oxidation sites excluding steroid dienone is 1. The first-order valence-electron chi connectivity index (χ1n) is 12.0. The molecule has 0 aliphatic carbocycles. The molecule has 0 saturated carbocycles. The number of thiol groups is 1. The number of thiazole rings is 1. The summed E-state index contributed by atoms with van der Waals surface area (Å²) in [5, 5.41) is 20.1. The van der Waals surface area contributed by atoms with Crippen LogP contribution in [0.3, 0.4) is 0 Å². The molecule has 0 aromatic carbocycles. The lowest BCUT2D eigenvalue weighted by Gasteiger charge is -2.29. The van der Waals surface area contributed by atoms with Crippen LogP contribution >= 0.6 is 35.1 Å². The van der Waals surface area contributed by atoms with Crippen molar-refractivity contribution in [3.8, 4) is 0 Å². The Labute approximate surface area is 236 Å². The van der Waals surface area contributed by atoms with E-state index in [1.54, 1.807) is 38.3 Å². The second-order valence-electron chi connectivity index (χ2n) is 9.60. The molecule has 0 fully saturated rings. The Kier molecular flexibility index (Phi) is 13.6. The number of nitrogens with one attached hydrogen (secondary N) is 3. The molecule has 0 unspecified atom stereocenters. The van der Waals surface area contributed by atoms with Crippen LogP contribution in [0, 0.1) is 5.92 Å². The summed E-state index contributed by atoms with van der Waals surface area (Å²) in [4.78, 5) is 55.6. The number of esters is 1. The van der Waals surface area contributed by atoms with Gasteiger partial charge in [0.15, 0.2) is 0 Å². The van der Waals surface area contributed by atoms with Crippen molar-refractivity contribution < 1.29 is 29.0 Å². The summed E-state index contributed by atoms with van der Waals surface area (Å²) in [5.74, 6) is -1.88. The summed E-state index contributed by atoms with van der Waals surface area (Å²) in [6, 6.07) is -1.42. The Morgan fingerprint density at radius 1 is 1.32 bits per heavy atom. The minimum Gasteiger partial charge on any atom is -0.456 e. The summed E-state index contributed by atoms with van der Waals surface area (Å²) in [6.45, 7) is 8.37. The number of fused-ring (bicyclic) bond motifs is 2. The predicted molar refractivity (Wildman–Crippen MR) is 153 cm³/mol. The Morgan fingerprint density at radius 3 is 2.63 bits per heavy atom. The average Bonchev–Trinajstić information content (AvgIpc) is 3.28. The fourth-order valence-corrected chi connectivity index (χ4v) is 4.68. The lowest BCUT2D eigenvalue weighted by atomic mass is 9.99. The number of halogens is 1. The monoisotopic (exact) mass is 591 g/mol. The number of carbonyl (C=O) groups excluding carboxylic acids is 4. The molecule has 1 aliphatic rings. The first kappa shape index (κ1) is 33.7. The van der Waals surface area contributed by atoms with Crippen LogP contribution in [0.1, 0.15) is 63.0 Å². The van der Waals surface area contributed by atoms with E-state index in [1.807, 2.05) is 0 Å². The maximum absolute atomic E-state index is 13.1. The zero-order valence-corrected chi connectivity index (χ0v) is 24.7. The number of nitrogens with zero attached hydrogens (tertiary/aromatic N) is 1. The number of aliphatic hydroxyl groups excluding tert-OH is 1. The topological polar surface area (TPSA) is 173 Å². The molecule has 3 atom stereocenters. The summed E-state index contributed by atoms with van der Waals surface area (Å²) in [6.07, 6.45) is 2.96. The SMILES string of the molecule is CC(C)[C@@H]1NC(=O)C(C)(C)NC(=O)c2csc(n2)CNC(=O)C[C@@H](/C=C/CC/[SH]=C(/O)[C@H](C)N)OC1=O.Cl. The van der Waals surface area contributed by atoms with Crippen molar-refractivity contribution in [3.63, 3.8) is 0 Å².